The van der Waals surface area contributed by atoms with Crippen molar-refractivity contribution in [2.45, 2.75) is 12.6 Å². The van der Waals surface area contributed by atoms with E-state index in [1.54, 1.807) is 0 Å². The molecule has 0 aromatic heterocycles. The van der Waals surface area contributed by atoms with Crippen LogP contribution in [0.2, 0.25) is 0 Å². The van der Waals surface area contributed by atoms with Crippen molar-refractivity contribution in [1.29, 1.82) is 5.26 Å². The van der Waals surface area contributed by atoms with Gasteiger partial charge in [0.25, 0.3) is 0 Å². The molecule has 8 heteroatoms. The molecule has 0 amide bonds. The van der Waals surface area contributed by atoms with Crippen LogP contribution in [0, 0.1) is 11.5 Å². The summed E-state index contributed by atoms with van der Waals surface area (Å²) in [5, 5.41) is 7.43. The predicted molar refractivity (Wildman–Crippen MR) is 19.6 cm³/mol. The van der Waals surface area contributed by atoms with Crippen LogP contribution in [0.15, 0.2) is 0 Å². The third-order valence-corrected chi connectivity index (χ3v) is 0.607. The first-order valence-electron chi connectivity index (χ1n) is 2.03. The van der Waals surface area contributed by atoms with Gasteiger partial charge < -0.3 is 0 Å². The molecule has 0 rings (SSSR count). The fourth-order valence-corrected chi connectivity index (χ4v) is 0.257. The molecule has 0 aromatic rings. The Bertz CT molecular complexity index is 158. The summed E-state index contributed by atoms with van der Waals surface area (Å²) in [5.41, 5.74) is 0. The lowest BCUT2D eigenvalue weighted by Crippen LogP contribution is -2.44. The maximum absolute atomic E-state index is 11.2. The Morgan fingerprint density at radius 1 is 0.909 bits per heavy atom. The number of nitriles is 1. The normalized spacial score (nSPS) is 12.5. The summed E-state index contributed by atoms with van der Waals surface area (Å²) < 4.78 is 67.2. The Kier molecular flexibility index (Phi) is 2.23. The molecule has 11 heavy (non-hydrogen) atoms. The molecule has 0 aromatic carbocycles. The second-order valence-corrected chi connectivity index (χ2v) is 1.37. The van der Waals surface area contributed by atoms with Crippen molar-refractivity contribution in [2.75, 3.05) is 0 Å². The Morgan fingerprint density at radius 3 is 1.18 bits per heavy atom. The molecule has 0 saturated heterocycles. The highest BCUT2D eigenvalue weighted by Gasteiger charge is 2.53. The smallest absolute Gasteiger partial charge is 0.172 e. The summed E-state index contributed by atoms with van der Waals surface area (Å²) in [6.07, 6.45) is -11.4. The van der Waals surface area contributed by atoms with Crippen molar-refractivity contribution in [3.05, 3.63) is 0 Å². The molecule has 0 unspecified atom stereocenters. The highest BCUT2D eigenvalue weighted by atomic mass is 19.4. The highest BCUT2D eigenvalue weighted by molar-refractivity contribution is 4.77. The molecule has 0 heterocycles. The van der Waals surface area contributed by atoms with Gasteiger partial charge in [-0.1, -0.05) is 0 Å². The Labute approximate surface area is 56.6 Å². The summed E-state index contributed by atoms with van der Waals surface area (Å²) in [5.74, 6) is 0. The van der Waals surface area contributed by atoms with Crippen LogP contribution in [0.3, 0.4) is 0 Å². The van der Waals surface area contributed by atoms with E-state index >= 15 is 0 Å². The monoisotopic (exact) mass is 178 g/mol. The first-order valence-corrected chi connectivity index (χ1v) is 2.03. The van der Waals surface area contributed by atoms with E-state index in [0.29, 0.717) is 0 Å². The minimum atomic E-state index is -5.70. The molecule has 2 nitrogen and oxygen atoms in total. The van der Waals surface area contributed by atoms with Crippen LogP contribution in [0.25, 0.3) is 0 Å². The largest absolute Gasteiger partial charge is 0.500 e. The summed E-state index contributed by atoms with van der Waals surface area (Å²) in [4.78, 5) is -2.19. The molecule has 0 aliphatic heterocycles. The third-order valence-electron chi connectivity index (χ3n) is 0.607. The zero-order valence-electron chi connectivity index (χ0n) is 4.66. The van der Waals surface area contributed by atoms with Crippen molar-refractivity contribution >= 4 is 0 Å². The predicted octanol–water partition coefficient (Wildman–Crippen LogP) is 1.81. The first-order chi connectivity index (χ1) is 4.69. The molecule has 0 saturated carbocycles. The van der Waals surface area contributed by atoms with Gasteiger partial charge in [-0.2, -0.15) is 5.26 Å². The van der Waals surface area contributed by atoms with Crippen LogP contribution < -0.4 is 0 Å². The molecule has 0 aliphatic carbocycles. The first kappa shape index (κ1) is 9.87. The van der Waals surface area contributed by atoms with Crippen LogP contribution in [0.1, 0.15) is 0 Å². The minimum Gasteiger partial charge on any atom is -0.172 e. The molecule has 0 radical (unpaired) electrons. The molecular weight excluding hydrogens is 178 g/mol. The maximum Gasteiger partial charge on any atom is 0.500 e. The van der Waals surface area contributed by atoms with Gasteiger partial charge in [0, 0.05) is 0 Å². The summed E-state index contributed by atoms with van der Waals surface area (Å²) in [7, 11) is 0. The molecule has 64 valence electrons. The van der Waals surface area contributed by atoms with Crippen molar-refractivity contribution < 1.29 is 26.3 Å². The van der Waals surface area contributed by atoms with Gasteiger partial charge >= 0.3 is 12.6 Å². The van der Waals surface area contributed by atoms with E-state index < -0.39 is 17.5 Å². The lowest BCUT2D eigenvalue weighted by Gasteiger charge is -2.20. The second-order valence-electron chi connectivity index (χ2n) is 1.37. The molecule has 0 N–H and O–H groups in total. The number of hydrogen-bond acceptors (Lipinski definition) is 2. The number of nitrogens with zero attached hydrogens (tertiary/aromatic N) is 2. The summed E-state index contributed by atoms with van der Waals surface area (Å²) >= 11 is 0. The van der Waals surface area contributed by atoms with Gasteiger partial charge in [-0.25, -0.2) is 0 Å². The van der Waals surface area contributed by atoms with Crippen molar-refractivity contribution in [2.24, 2.45) is 0 Å². The van der Waals surface area contributed by atoms with E-state index in [1.807, 2.05) is 0 Å². The molecule has 0 fully saturated rings. The van der Waals surface area contributed by atoms with Crippen LogP contribution in [-0.2, 0) is 0 Å². The van der Waals surface area contributed by atoms with Crippen LogP contribution in [0.4, 0.5) is 26.3 Å². The molecule has 0 spiro atoms. The molecular formula is C3F6N2. The number of halogens is 6. The second kappa shape index (κ2) is 2.48. The number of hydrogen-bond donors (Lipinski definition) is 0. The SMILES string of the molecule is N#CN(C(F)(F)F)C(F)(F)F. The van der Waals surface area contributed by atoms with E-state index in [2.05, 4.69) is 0 Å². The minimum absolute atomic E-state index is 0.0347. The van der Waals surface area contributed by atoms with Gasteiger partial charge in [-0.05, 0) is 0 Å². The average molecular weight is 178 g/mol. The Hall–Kier alpha value is -1.13. The lowest BCUT2D eigenvalue weighted by atomic mass is 10.8. The zero-order chi connectivity index (χ0) is 9.28. The number of rotatable bonds is 0. The van der Waals surface area contributed by atoms with Crippen LogP contribution in [-0.4, -0.2) is 17.5 Å². The van der Waals surface area contributed by atoms with Crippen LogP contribution in [0.5, 0.6) is 0 Å². The van der Waals surface area contributed by atoms with Gasteiger partial charge in [0.2, 0.25) is 0 Å². The van der Waals surface area contributed by atoms with Gasteiger partial charge in [-0.3, -0.25) is 0 Å². The van der Waals surface area contributed by atoms with Gasteiger partial charge in [0.05, 0.1) is 0 Å². The Morgan fingerprint density at radius 2 is 1.18 bits per heavy atom. The van der Waals surface area contributed by atoms with E-state index in [0.717, 1.165) is 0 Å². The fraction of sp³-hybridized carbons (Fsp3) is 0.667. The molecule has 0 aliphatic rings. The topological polar surface area (TPSA) is 27.0 Å². The summed E-state index contributed by atoms with van der Waals surface area (Å²) in [6.45, 7) is 0. The van der Waals surface area contributed by atoms with E-state index in [1.165, 1.54) is 0 Å². The summed E-state index contributed by atoms with van der Waals surface area (Å²) in [6, 6.07) is 0. The quantitative estimate of drug-likeness (QED) is 0.245. The van der Waals surface area contributed by atoms with Gasteiger partial charge in [0.15, 0.2) is 6.19 Å². The van der Waals surface area contributed by atoms with Gasteiger partial charge in [-0.15, -0.1) is 31.2 Å². The van der Waals surface area contributed by atoms with E-state index in [9.17, 15) is 26.3 Å². The van der Waals surface area contributed by atoms with Crippen molar-refractivity contribution in [3.8, 4) is 6.19 Å². The molecule has 0 bridgehead atoms. The number of alkyl halides is 6. The van der Waals surface area contributed by atoms with E-state index in [-0.39, 0.29) is 6.19 Å². The average Bonchev–Trinajstić information content (AvgIpc) is 1.56. The Balaban J connectivity index is 4.60. The highest BCUT2D eigenvalue weighted by Crippen LogP contribution is 2.31. The van der Waals surface area contributed by atoms with Crippen LogP contribution >= 0.6 is 0 Å². The van der Waals surface area contributed by atoms with Crippen molar-refractivity contribution in [1.82, 2.24) is 4.90 Å². The standard InChI is InChI=1S/C3F6N2/c4-2(5,6)11(1-10)3(7,8)9. The lowest BCUT2D eigenvalue weighted by molar-refractivity contribution is -0.349. The fourth-order valence-electron chi connectivity index (χ4n) is 0.257. The molecule has 0 atom stereocenters. The third kappa shape index (κ3) is 2.53. The maximum atomic E-state index is 11.2. The van der Waals surface area contributed by atoms with Gasteiger partial charge in [0.1, 0.15) is 0 Å². The van der Waals surface area contributed by atoms with E-state index in [4.69, 9.17) is 5.26 Å². The van der Waals surface area contributed by atoms with Crippen molar-refractivity contribution in [3.63, 3.8) is 0 Å². The zero-order valence-corrected chi connectivity index (χ0v) is 4.66.